The maximum Gasteiger partial charge on any atom is 0.168 e. The third-order valence-corrected chi connectivity index (χ3v) is 3.69. The number of methoxy groups -OCH3 is 1. The van der Waals surface area contributed by atoms with E-state index < -0.39 is 0 Å². The van der Waals surface area contributed by atoms with E-state index in [2.05, 4.69) is 0 Å². The van der Waals surface area contributed by atoms with Crippen LogP contribution in [-0.4, -0.2) is 18.6 Å². The monoisotopic (exact) mass is 228 g/mol. The normalized spacial score (nSPS) is 15.1. The van der Waals surface area contributed by atoms with Gasteiger partial charge in [-0.1, -0.05) is 11.6 Å². The van der Waals surface area contributed by atoms with E-state index in [9.17, 15) is 4.79 Å². The molecule has 1 aromatic carbocycles. The van der Waals surface area contributed by atoms with Crippen LogP contribution in [0.15, 0.2) is 17.0 Å². The van der Waals surface area contributed by atoms with E-state index in [0.29, 0.717) is 22.8 Å². The third-order valence-electron chi connectivity index (χ3n) is 2.15. The van der Waals surface area contributed by atoms with E-state index in [1.54, 1.807) is 31.0 Å². The average molecular weight is 229 g/mol. The zero-order valence-corrected chi connectivity index (χ0v) is 9.24. The summed E-state index contributed by atoms with van der Waals surface area (Å²) < 4.78 is 5.15. The van der Waals surface area contributed by atoms with Crippen molar-refractivity contribution in [2.24, 2.45) is 0 Å². The van der Waals surface area contributed by atoms with Gasteiger partial charge in [-0.2, -0.15) is 0 Å². The van der Waals surface area contributed by atoms with Crippen LogP contribution >= 0.6 is 23.4 Å². The number of carbonyl (C=O) groups is 1. The summed E-state index contributed by atoms with van der Waals surface area (Å²) in [5, 5.41) is 0.638. The molecule has 0 saturated carbocycles. The van der Waals surface area contributed by atoms with Gasteiger partial charge in [0, 0.05) is 17.1 Å². The Bertz CT molecular complexity index is 390. The molecule has 0 aliphatic carbocycles. The Morgan fingerprint density at radius 2 is 2.29 bits per heavy atom. The van der Waals surface area contributed by atoms with Gasteiger partial charge >= 0.3 is 0 Å². The van der Waals surface area contributed by atoms with Crippen molar-refractivity contribution in [1.29, 1.82) is 0 Å². The second kappa shape index (κ2) is 3.83. The molecule has 2 nitrogen and oxygen atoms in total. The van der Waals surface area contributed by atoms with Crippen LogP contribution in [0.25, 0.3) is 0 Å². The van der Waals surface area contributed by atoms with Crippen molar-refractivity contribution in [3.63, 3.8) is 0 Å². The van der Waals surface area contributed by atoms with Crippen LogP contribution in [0, 0.1) is 0 Å². The molecule has 0 aromatic heterocycles. The first-order valence-corrected chi connectivity index (χ1v) is 5.63. The van der Waals surface area contributed by atoms with Crippen molar-refractivity contribution in [2.45, 2.75) is 11.3 Å². The summed E-state index contributed by atoms with van der Waals surface area (Å²) in [6.07, 6.45) is 0.564. The molecule has 0 atom stereocenters. The van der Waals surface area contributed by atoms with Crippen molar-refractivity contribution in [3.05, 3.63) is 22.7 Å². The van der Waals surface area contributed by atoms with Crippen LogP contribution in [-0.2, 0) is 0 Å². The summed E-state index contributed by atoms with van der Waals surface area (Å²) in [6.45, 7) is 0. The number of halogens is 1. The molecule has 1 heterocycles. The van der Waals surface area contributed by atoms with E-state index in [-0.39, 0.29) is 5.78 Å². The maximum absolute atomic E-state index is 11.7. The number of hydrogen-bond acceptors (Lipinski definition) is 3. The van der Waals surface area contributed by atoms with Crippen LogP contribution < -0.4 is 4.74 Å². The number of thioether (sulfide) groups is 1. The van der Waals surface area contributed by atoms with Gasteiger partial charge < -0.3 is 4.74 Å². The molecule has 0 N–H and O–H groups in total. The Hall–Kier alpha value is -0.670. The highest BCUT2D eigenvalue weighted by molar-refractivity contribution is 7.99. The van der Waals surface area contributed by atoms with Gasteiger partial charge in [-0.15, -0.1) is 11.8 Å². The highest BCUT2D eigenvalue weighted by atomic mass is 35.5. The lowest BCUT2D eigenvalue weighted by Gasteiger charge is -2.17. The Morgan fingerprint density at radius 3 is 3.00 bits per heavy atom. The van der Waals surface area contributed by atoms with Crippen molar-refractivity contribution in [2.75, 3.05) is 12.9 Å². The number of carbonyl (C=O) groups excluding carboxylic acids is 1. The van der Waals surface area contributed by atoms with Crippen molar-refractivity contribution in [3.8, 4) is 5.75 Å². The molecule has 14 heavy (non-hydrogen) atoms. The predicted molar refractivity (Wildman–Crippen MR) is 57.7 cm³/mol. The fourth-order valence-corrected chi connectivity index (χ4v) is 2.86. The molecule has 74 valence electrons. The molecule has 1 aliphatic heterocycles. The zero-order chi connectivity index (χ0) is 10.1. The van der Waals surface area contributed by atoms with Gasteiger partial charge in [0.05, 0.1) is 17.7 Å². The summed E-state index contributed by atoms with van der Waals surface area (Å²) in [5.74, 6) is 1.55. The molecular weight excluding hydrogens is 220 g/mol. The molecule has 2 rings (SSSR count). The van der Waals surface area contributed by atoms with Gasteiger partial charge in [-0.25, -0.2) is 0 Å². The Morgan fingerprint density at radius 1 is 1.50 bits per heavy atom. The number of benzene rings is 1. The average Bonchev–Trinajstić information content (AvgIpc) is 2.20. The van der Waals surface area contributed by atoms with Gasteiger partial charge in [0.25, 0.3) is 0 Å². The maximum atomic E-state index is 11.7. The zero-order valence-electron chi connectivity index (χ0n) is 7.67. The summed E-state index contributed by atoms with van der Waals surface area (Å²) in [7, 11) is 1.57. The Kier molecular flexibility index (Phi) is 2.70. The largest absolute Gasteiger partial charge is 0.496 e. The van der Waals surface area contributed by atoms with E-state index >= 15 is 0 Å². The Labute approximate surface area is 91.6 Å². The van der Waals surface area contributed by atoms with E-state index in [4.69, 9.17) is 16.3 Å². The fourth-order valence-electron chi connectivity index (χ4n) is 1.49. The van der Waals surface area contributed by atoms with Gasteiger partial charge in [-0.3, -0.25) is 4.79 Å². The SMILES string of the molecule is COc1ccc(Cl)c2c1C(=O)CCS2. The summed E-state index contributed by atoms with van der Waals surface area (Å²) >= 11 is 7.62. The standard InChI is InChI=1S/C10H9ClO2S/c1-13-8-3-2-6(11)10-9(8)7(12)4-5-14-10/h2-3H,4-5H2,1H3. The quantitative estimate of drug-likeness (QED) is 0.739. The van der Waals surface area contributed by atoms with Crippen molar-refractivity contribution in [1.82, 2.24) is 0 Å². The second-order valence-electron chi connectivity index (χ2n) is 2.98. The number of ketones is 1. The van der Waals surface area contributed by atoms with Crippen LogP contribution in [0.3, 0.4) is 0 Å². The second-order valence-corrected chi connectivity index (χ2v) is 4.49. The van der Waals surface area contributed by atoms with Crippen molar-refractivity contribution < 1.29 is 9.53 Å². The molecule has 1 aliphatic rings. The lowest BCUT2D eigenvalue weighted by Crippen LogP contribution is -2.10. The van der Waals surface area contributed by atoms with Crippen LogP contribution in [0.1, 0.15) is 16.8 Å². The summed E-state index contributed by atoms with van der Waals surface area (Å²) in [6, 6.07) is 3.51. The molecule has 0 amide bonds. The third kappa shape index (κ3) is 1.51. The molecule has 0 spiro atoms. The minimum atomic E-state index is 0.123. The van der Waals surface area contributed by atoms with Crippen LogP contribution in [0.2, 0.25) is 5.02 Å². The van der Waals surface area contributed by atoms with Gasteiger partial charge in [0.2, 0.25) is 0 Å². The minimum Gasteiger partial charge on any atom is -0.496 e. The van der Waals surface area contributed by atoms with Crippen LogP contribution in [0.4, 0.5) is 0 Å². The van der Waals surface area contributed by atoms with E-state index in [0.717, 1.165) is 10.6 Å². The topological polar surface area (TPSA) is 26.3 Å². The Balaban J connectivity index is 2.64. The first-order chi connectivity index (χ1) is 6.74. The minimum absolute atomic E-state index is 0.123. The number of ether oxygens (including phenoxy) is 1. The van der Waals surface area contributed by atoms with E-state index in [1.807, 2.05) is 0 Å². The van der Waals surface area contributed by atoms with Gasteiger partial charge in [0.1, 0.15) is 5.75 Å². The molecule has 4 heteroatoms. The van der Waals surface area contributed by atoms with Crippen molar-refractivity contribution >= 4 is 29.1 Å². The summed E-state index contributed by atoms with van der Waals surface area (Å²) in [4.78, 5) is 12.5. The fraction of sp³-hybridized carbons (Fsp3) is 0.300. The number of fused-ring (bicyclic) bond motifs is 1. The molecular formula is C10H9ClO2S. The number of Topliss-reactive ketones (excluding diaryl/α,β-unsaturated/α-hetero) is 1. The molecule has 0 unspecified atom stereocenters. The highest BCUT2D eigenvalue weighted by Gasteiger charge is 2.24. The molecule has 0 saturated heterocycles. The smallest absolute Gasteiger partial charge is 0.168 e. The molecule has 0 radical (unpaired) electrons. The molecule has 0 fully saturated rings. The first kappa shape index (κ1) is 9.87. The lowest BCUT2D eigenvalue weighted by molar-refractivity contribution is 0.0981. The molecule has 1 aromatic rings. The summed E-state index contributed by atoms with van der Waals surface area (Å²) in [5.41, 5.74) is 0.649. The lowest BCUT2D eigenvalue weighted by atomic mass is 10.1. The number of hydrogen-bond donors (Lipinski definition) is 0. The first-order valence-electron chi connectivity index (χ1n) is 4.26. The van der Waals surface area contributed by atoms with E-state index in [1.165, 1.54) is 0 Å². The number of rotatable bonds is 1. The van der Waals surface area contributed by atoms with Crippen LogP contribution in [0.5, 0.6) is 5.75 Å². The predicted octanol–water partition coefficient (Wildman–Crippen LogP) is 3.03. The highest BCUT2D eigenvalue weighted by Crippen LogP contribution is 2.40. The van der Waals surface area contributed by atoms with Gasteiger partial charge in [0.15, 0.2) is 5.78 Å². The van der Waals surface area contributed by atoms with Gasteiger partial charge in [-0.05, 0) is 12.1 Å². The molecule has 0 bridgehead atoms.